The number of aryl methyl sites for hydroxylation is 1. The van der Waals surface area contributed by atoms with Crippen LogP contribution in [-0.2, 0) is 13.6 Å². The number of aromatic nitrogens is 5. The van der Waals surface area contributed by atoms with Gasteiger partial charge in [0.15, 0.2) is 5.82 Å². The Balaban J connectivity index is 1.49. The molecule has 0 fully saturated rings. The second-order valence-corrected chi connectivity index (χ2v) is 8.72. The molecule has 1 N–H and O–H groups in total. The number of carbonyl (C=O) groups is 1. The van der Waals surface area contributed by atoms with Crippen molar-refractivity contribution in [3.63, 3.8) is 0 Å². The van der Waals surface area contributed by atoms with Crippen molar-refractivity contribution in [2.45, 2.75) is 13.5 Å². The third-order valence-corrected chi connectivity index (χ3v) is 6.36. The van der Waals surface area contributed by atoms with Gasteiger partial charge in [-0.2, -0.15) is 10.2 Å². The number of rotatable bonds is 5. The SMILES string of the molecule is Cc1c(-c2cc(C(=O)Nc3nn(Cc4ccccc4Cl)cc3Cl)c3ccccc3n2)cnn1C. The summed E-state index contributed by atoms with van der Waals surface area (Å²) in [5.41, 5.74) is 4.58. The Morgan fingerprint density at radius 1 is 1.06 bits per heavy atom. The number of fused-ring (bicyclic) bond motifs is 1. The van der Waals surface area contributed by atoms with Crippen molar-refractivity contribution in [2.24, 2.45) is 7.05 Å². The summed E-state index contributed by atoms with van der Waals surface area (Å²) in [6.07, 6.45) is 3.41. The molecule has 34 heavy (non-hydrogen) atoms. The molecule has 0 aliphatic carbocycles. The summed E-state index contributed by atoms with van der Waals surface area (Å²) in [5.74, 6) is -0.0509. The Kier molecular flexibility index (Phi) is 5.81. The standard InChI is InChI=1S/C25H20Cl2N6O/c1-15-19(12-28-32(15)2)23-11-18(17-8-4-6-10-22(17)29-23)25(34)30-24-21(27)14-33(31-24)13-16-7-3-5-9-20(16)26/h3-12,14H,13H2,1-2H3,(H,30,31,34). The lowest BCUT2D eigenvalue weighted by Crippen LogP contribution is -2.14. The van der Waals surface area contributed by atoms with Gasteiger partial charge in [0.2, 0.25) is 0 Å². The van der Waals surface area contributed by atoms with E-state index in [1.165, 1.54) is 0 Å². The molecule has 3 aromatic heterocycles. The van der Waals surface area contributed by atoms with Gasteiger partial charge in [-0.25, -0.2) is 4.98 Å². The van der Waals surface area contributed by atoms with Crippen LogP contribution in [0.25, 0.3) is 22.2 Å². The molecule has 0 aliphatic rings. The fourth-order valence-corrected chi connectivity index (χ4v) is 4.18. The number of halogens is 2. The van der Waals surface area contributed by atoms with Gasteiger partial charge in [-0.15, -0.1) is 0 Å². The van der Waals surface area contributed by atoms with Crippen LogP contribution in [-0.4, -0.2) is 30.5 Å². The second-order valence-electron chi connectivity index (χ2n) is 7.91. The zero-order chi connectivity index (χ0) is 23.8. The van der Waals surface area contributed by atoms with Gasteiger partial charge in [0, 0.05) is 34.9 Å². The first kappa shape index (κ1) is 22.1. The van der Waals surface area contributed by atoms with E-state index < -0.39 is 0 Å². The van der Waals surface area contributed by atoms with Crippen molar-refractivity contribution in [1.29, 1.82) is 0 Å². The average molecular weight is 491 g/mol. The Hall–Kier alpha value is -3.68. The molecule has 170 valence electrons. The fourth-order valence-electron chi connectivity index (χ4n) is 3.79. The molecule has 0 saturated heterocycles. The van der Waals surface area contributed by atoms with E-state index in [0.29, 0.717) is 33.4 Å². The van der Waals surface area contributed by atoms with Crippen LogP contribution < -0.4 is 5.32 Å². The highest BCUT2D eigenvalue weighted by atomic mass is 35.5. The predicted molar refractivity (Wildman–Crippen MR) is 134 cm³/mol. The summed E-state index contributed by atoms with van der Waals surface area (Å²) >= 11 is 12.7. The van der Waals surface area contributed by atoms with Crippen LogP contribution in [0.3, 0.4) is 0 Å². The highest BCUT2D eigenvalue weighted by molar-refractivity contribution is 6.33. The summed E-state index contributed by atoms with van der Waals surface area (Å²) < 4.78 is 3.42. The van der Waals surface area contributed by atoms with Crippen LogP contribution in [0.1, 0.15) is 21.6 Å². The monoisotopic (exact) mass is 490 g/mol. The van der Waals surface area contributed by atoms with E-state index in [1.807, 2.05) is 62.5 Å². The third kappa shape index (κ3) is 4.16. The first-order chi connectivity index (χ1) is 16.4. The van der Waals surface area contributed by atoms with Crippen molar-refractivity contribution < 1.29 is 4.79 Å². The largest absolute Gasteiger partial charge is 0.304 e. The van der Waals surface area contributed by atoms with Gasteiger partial charge in [0.05, 0.1) is 29.5 Å². The molecule has 0 aliphatic heterocycles. The molecule has 0 saturated carbocycles. The first-order valence-electron chi connectivity index (χ1n) is 10.6. The van der Waals surface area contributed by atoms with Gasteiger partial charge in [-0.3, -0.25) is 14.2 Å². The maximum atomic E-state index is 13.4. The minimum absolute atomic E-state index is 0.277. The molecular formula is C25H20Cl2N6O. The third-order valence-electron chi connectivity index (χ3n) is 5.71. The molecule has 1 amide bonds. The molecule has 5 rings (SSSR count). The molecule has 0 radical (unpaired) electrons. The van der Waals surface area contributed by atoms with E-state index in [4.69, 9.17) is 28.2 Å². The Morgan fingerprint density at radius 2 is 1.82 bits per heavy atom. The molecule has 0 bridgehead atoms. The van der Waals surface area contributed by atoms with Crippen LogP contribution in [0.4, 0.5) is 5.82 Å². The van der Waals surface area contributed by atoms with Gasteiger partial charge in [-0.1, -0.05) is 59.6 Å². The number of para-hydroxylation sites is 1. The van der Waals surface area contributed by atoms with E-state index in [-0.39, 0.29) is 11.7 Å². The number of anilines is 1. The number of carbonyl (C=O) groups excluding carboxylic acids is 1. The molecule has 0 atom stereocenters. The van der Waals surface area contributed by atoms with E-state index in [0.717, 1.165) is 22.2 Å². The Bertz CT molecular complexity index is 1540. The molecule has 0 unspecified atom stereocenters. The minimum atomic E-state index is -0.328. The highest BCUT2D eigenvalue weighted by Gasteiger charge is 2.18. The molecule has 3 heterocycles. The zero-order valence-electron chi connectivity index (χ0n) is 18.5. The average Bonchev–Trinajstić information content (AvgIpc) is 3.35. The second kappa shape index (κ2) is 8.93. The molecule has 5 aromatic rings. The van der Waals surface area contributed by atoms with Gasteiger partial charge in [0.1, 0.15) is 5.02 Å². The summed E-state index contributed by atoms with van der Waals surface area (Å²) in [6.45, 7) is 2.39. The quantitative estimate of drug-likeness (QED) is 0.340. The van der Waals surface area contributed by atoms with E-state index in [2.05, 4.69) is 15.5 Å². The van der Waals surface area contributed by atoms with Crippen molar-refractivity contribution in [2.75, 3.05) is 5.32 Å². The topological polar surface area (TPSA) is 77.6 Å². The van der Waals surface area contributed by atoms with Gasteiger partial charge >= 0.3 is 0 Å². The lowest BCUT2D eigenvalue weighted by molar-refractivity contribution is 0.102. The zero-order valence-corrected chi connectivity index (χ0v) is 20.0. The van der Waals surface area contributed by atoms with E-state index in [9.17, 15) is 4.79 Å². The Labute approximate surface area is 205 Å². The number of nitrogens with zero attached hydrogens (tertiary/aromatic N) is 5. The number of amides is 1. The Morgan fingerprint density at radius 3 is 2.59 bits per heavy atom. The molecule has 2 aromatic carbocycles. The van der Waals surface area contributed by atoms with Crippen molar-refractivity contribution in [1.82, 2.24) is 24.5 Å². The molecule has 9 heteroatoms. The fraction of sp³-hybridized carbons (Fsp3) is 0.120. The van der Waals surface area contributed by atoms with Gasteiger partial charge in [0.25, 0.3) is 5.91 Å². The van der Waals surface area contributed by atoms with Crippen molar-refractivity contribution in [3.8, 4) is 11.3 Å². The predicted octanol–water partition coefficient (Wildman–Crippen LogP) is 5.75. The molecule has 7 nitrogen and oxygen atoms in total. The van der Waals surface area contributed by atoms with Crippen LogP contribution in [0.2, 0.25) is 10.0 Å². The van der Waals surface area contributed by atoms with Crippen LogP contribution in [0.15, 0.2) is 67.0 Å². The first-order valence-corrected chi connectivity index (χ1v) is 11.3. The summed E-state index contributed by atoms with van der Waals surface area (Å²) in [5, 5.41) is 13.3. The van der Waals surface area contributed by atoms with Crippen LogP contribution in [0.5, 0.6) is 0 Å². The van der Waals surface area contributed by atoms with Gasteiger partial charge < -0.3 is 5.32 Å². The summed E-state index contributed by atoms with van der Waals surface area (Å²) in [7, 11) is 1.87. The lowest BCUT2D eigenvalue weighted by atomic mass is 10.0. The van der Waals surface area contributed by atoms with E-state index >= 15 is 0 Å². The number of hydrogen-bond acceptors (Lipinski definition) is 4. The smallest absolute Gasteiger partial charge is 0.257 e. The number of benzene rings is 2. The number of pyridine rings is 1. The van der Waals surface area contributed by atoms with Gasteiger partial charge in [-0.05, 0) is 30.7 Å². The number of nitrogens with one attached hydrogen (secondary N) is 1. The van der Waals surface area contributed by atoms with Crippen LogP contribution in [0, 0.1) is 6.92 Å². The lowest BCUT2D eigenvalue weighted by Gasteiger charge is -2.10. The van der Waals surface area contributed by atoms with Crippen molar-refractivity contribution >= 4 is 45.8 Å². The highest BCUT2D eigenvalue weighted by Crippen LogP contribution is 2.28. The summed E-state index contributed by atoms with van der Waals surface area (Å²) in [4.78, 5) is 18.1. The van der Waals surface area contributed by atoms with Crippen molar-refractivity contribution in [3.05, 3.63) is 93.9 Å². The maximum absolute atomic E-state index is 13.4. The minimum Gasteiger partial charge on any atom is -0.304 e. The molecular weight excluding hydrogens is 471 g/mol. The summed E-state index contributed by atoms with van der Waals surface area (Å²) in [6, 6.07) is 16.8. The maximum Gasteiger partial charge on any atom is 0.257 e. The number of hydrogen-bond donors (Lipinski definition) is 1. The van der Waals surface area contributed by atoms with Crippen LogP contribution >= 0.6 is 23.2 Å². The van der Waals surface area contributed by atoms with E-state index in [1.54, 1.807) is 27.8 Å². The molecule has 0 spiro atoms. The normalized spacial score (nSPS) is 11.2.